The normalized spacial score (nSPS) is 17.9. The van der Waals surface area contributed by atoms with E-state index in [-0.39, 0.29) is 0 Å². The number of aryl methyl sites for hydroxylation is 1. The minimum atomic E-state index is 0.662. The average molecular weight is 270 g/mol. The first kappa shape index (κ1) is 13.2. The number of rotatable bonds is 4. The van der Waals surface area contributed by atoms with Gasteiger partial charge in [-0.25, -0.2) is 4.98 Å². The third-order valence-corrected chi connectivity index (χ3v) is 4.01. The molecule has 1 aliphatic heterocycles. The van der Waals surface area contributed by atoms with Crippen molar-refractivity contribution in [3.8, 4) is 0 Å². The summed E-state index contributed by atoms with van der Waals surface area (Å²) in [6, 6.07) is 8.62. The molecule has 0 aliphatic carbocycles. The van der Waals surface area contributed by atoms with Crippen LogP contribution in [0.5, 0.6) is 0 Å². The fourth-order valence-corrected chi connectivity index (χ4v) is 2.93. The lowest BCUT2D eigenvalue weighted by molar-refractivity contribution is 0.263. The van der Waals surface area contributed by atoms with E-state index in [0.717, 1.165) is 31.9 Å². The van der Waals surface area contributed by atoms with E-state index in [1.54, 1.807) is 0 Å². The summed E-state index contributed by atoms with van der Waals surface area (Å²) in [7, 11) is 4.23. The SMILES string of the molecule is CN(Cc1nccn1C)CC1CNc2ccccc2C1. The molecule has 1 unspecified atom stereocenters. The zero-order valence-corrected chi connectivity index (χ0v) is 12.2. The van der Waals surface area contributed by atoms with Crippen molar-refractivity contribution in [1.82, 2.24) is 14.5 Å². The molecule has 3 rings (SSSR count). The zero-order valence-electron chi connectivity index (χ0n) is 12.2. The Hall–Kier alpha value is -1.81. The molecule has 1 aromatic heterocycles. The Kier molecular flexibility index (Phi) is 3.74. The molecule has 0 amide bonds. The summed E-state index contributed by atoms with van der Waals surface area (Å²) in [4.78, 5) is 6.75. The summed E-state index contributed by atoms with van der Waals surface area (Å²) >= 11 is 0. The predicted octanol–water partition coefficient (Wildman–Crippen LogP) is 2.14. The monoisotopic (exact) mass is 270 g/mol. The van der Waals surface area contributed by atoms with Crippen molar-refractivity contribution in [2.45, 2.75) is 13.0 Å². The maximum Gasteiger partial charge on any atom is 0.122 e. The van der Waals surface area contributed by atoms with Crippen LogP contribution >= 0.6 is 0 Å². The second kappa shape index (κ2) is 5.67. The van der Waals surface area contributed by atoms with Crippen LogP contribution in [0.15, 0.2) is 36.7 Å². The summed E-state index contributed by atoms with van der Waals surface area (Å²) in [5.41, 5.74) is 2.74. The first-order valence-corrected chi connectivity index (χ1v) is 7.19. The Morgan fingerprint density at radius 2 is 2.25 bits per heavy atom. The number of hydrogen-bond acceptors (Lipinski definition) is 3. The molecule has 0 saturated heterocycles. The van der Waals surface area contributed by atoms with E-state index in [9.17, 15) is 0 Å². The summed E-state index contributed by atoms with van der Waals surface area (Å²) < 4.78 is 2.09. The van der Waals surface area contributed by atoms with Crippen molar-refractivity contribution in [2.75, 3.05) is 25.5 Å². The van der Waals surface area contributed by atoms with Crippen molar-refractivity contribution in [1.29, 1.82) is 0 Å². The molecule has 106 valence electrons. The summed E-state index contributed by atoms with van der Waals surface area (Å²) in [6.07, 6.45) is 5.03. The first-order valence-electron chi connectivity index (χ1n) is 7.19. The number of para-hydroxylation sites is 1. The molecule has 1 aromatic carbocycles. The van der Waals surface area contributed by atoms with Crippen LogP contribution in [0.4, 0.5) is 5.69 Å². The molecule has 4 nitrogen and oxygen atoms in total. The molecular weight excluding hydrogens is 248 g/mol. The van der Waals surface area contributed by atoms with Gasteiger partial charge in [0.2, 0.25) is 0 Å². The van der Waals surface area contributed by atoms with Crippen molar-refractivity contribution >= 4 is 5.69 Å². The fraction of sp³-hybridized carbons (Fsp3) is 0.438. The van der Waals surface area contributed by atoms with Crippen molar-refractivity contribution < 1.29 is 0 Å². The maximum absolute atomic E-state index is 4.39. The third kappa shape index (κ3) is 2.85. The number of aromatic nitrogens is 2. The van der Waals surface area contributed by atoms with Gasteiger partial charge in [-0.15, -0.1) is 0 Å². The number of fused-ring (bicyclic) bond motifs is 1. The van der Waals surface area contributed by atoms with Gasteiger partial charge in [0.15, 0.2) is 0 Å². The van der Waals surface area contributed by atoms with Crippen molar-refractivity contribution in [3.63, 3.8) is 0 Å². The van der Waals surface area contributed by atoms with Crippen molar-refractivity contribution in [2.24, 2.45) is 13.0 Å². The van der Waals surface area contributed by atoms with Gasteiger partial charge in [0.1, 0.15) is 5.82 Å². The van der Waals surface area contributed by atoms with Gasteiger partial charge in [-0.05, 0) is 31.0 Å². The molecule has 1 atom stereocenters. The van der Waals surface area contributed by atoms with E-state index in [4.69, 9.17) is 0 Å². The molecule has 0 radical (unpaired) electrons. The predicted molar refractivity (Wildman–Crippen MR) is 81.7 cm³/mol. The molecular formula is C16H22N4. The van der Waals surface area contributed by atoms with E-state index in [1.807, 2.05) is 12.4 Å². The zero-order chi connectivity index (χ0) is 13.9. The van der Waals surface area contributed by atoms with E-state index >= 15 is 0 Å². The maximum atomic E-state index is 4.39. The summed E-state index contributed by atoms with van der Waals surface area (Å²) in [5, 5.41) is 3.54. The molecule has 0 spiro atoms. The second-order valence-electron chi connectivity index (χ2n) is 5.76. The third-order valence-electron chi connectivity index (χ3n) is 4.01. The Morgan fingerprint density at radius 3 is 3.05 bits per heavy atom. The number of benzene rings is 1. The first-order chi connectivity index (χ1) is 9.72. The van der Waals surface area contributed by atoms with Gasteiger partial charge in [0, 0.05) is 38.2 Å². The van der Waals surface area contributed by atoms with Gasteiger partial charge < -0.3 is 9.88 Å². The standard InChI is InChI=1S/C16H22N4/c1-19(12-16-17-7-8-20(16)2)11-13-9-14-5-3-4-6-15(14)18-10-13/h3-8,13,18H,9-12H2,1-2H3. The van der Waals surface area contributed by atoms with Crippen LogP contribution in [0.25, 0.3) is 0 Å². The highest BCUT2D eigenvalue weighted by Gasteiger charge is 2.19. The highest BCUT2D eigenvalue weighted by Crippen LogP contribution is 2.24. The lowest BCUT2D eigenvalue weighted by Crippen LogP contribution is -2.34. The van der Waals surface area contributed by atoms with Gasteiger partial charge >= 0.3 is 0 Å². The van der Waals surface area contributed by atoms with Crippen molar-refractivity contribution in [3.05, 3.63) is 48.0 Å². The summed E-state index contributed by atoms with van der Waals surface area (Å²) in [6.45, 7) is 3.05. The molecule has 0 saturated carbocycles. The van der Waals surface area contributed by atoms with E-state index in [2.05, 4.69) is 58.1 Å². The Morgan fingerprint density at radius 1 is 1.40 bits per heavy atom. The van der Waals surface area contributed by atoms with Crippen LogP contribution in [0.3, 0.4) is 0 Å². The minimum absolute atomic E-state index is 0.662. The Labute approximate surface area is 120 Å². The molecule has 0 fully saturated rings. The lowest BCUT2D eigenvalue weighted by Gasteiger charge is -2.29. The fourth-order valence-electron chi connectivity index (χ4n) is 2.93. The van der Waals surface area contributed by atoms with Crippen LogP contribution < -0.4 is 5.32 Å². The number of nitrogens with one attached hydrogen (secondary N) is 1. The largest absolute Gasteiger partial charge is 0.384 e. The quantitative estimate of drug-likeness (QED) is 0.924. The van der Waals surface area contributed by atoms with Crippen LogP contribution in [0.1, 0.15) is 11.4 Å². The van der Waals surface area contributed by atoms with Crippen LogP contribution in [-0.4, -0.2) is 34.6 Å². The highest BCUT2D eigenvalue weighted by molar-refractivity contribution is 5.53. The van der Waals surface area contributed by atoms with Gasteiger partial charge in [-0.1, -0.05) is 18.2 Å². The van der Waals surface area contributed by atoms with E-state index < -0.39 is 0 Å². The number of imidazole rings is 1. The lowest BCUT2D eigenvalue weighted by atomic mass is 9.93. The Bertz CT molecular complexity index is 575. The minimum Gasteiger partial charge on any atom is -0.384 e. The topological polar surface area (TPSA) is 33.1 Å². The highest BCUT2D eigenvalue weighted by atomic mass is 15.2. The average Bonchev–Trinajstić information content (AvgIpc) is 2.84. The van der Waals surface area contributed by atoms with Crippen LogP contribution in [-0.2, 0) is 20.0 Å². The molecule has 1 N–H and O–H groups in total. The van der Waals surface area contributed by atoms with E-state index in [0.29, 0.717) is 5.92 Å². The van der Waals surface area contributed by atoms with E-state index in [1.165, 1.54) is 11.3 Å². The number of nitrogens with zero attached hydrogens (tertiary/aromatic N) is 3. The molecule has 2 heterocycles. The van der Waals surface area contributed by atoms with Crippen LogP contribution in [0.2, 0.25) is 0 Å². The smallest absolute Gasteiger partial charge is 0.122 e. The molecule has 20 heavy (non-hydrogen) atoms. The molecule has 2 aromatic rings. The van der Waals surface area contributed by atoms with Gasteiger partial charge in [0.05, 0.1) is 6.54 Å². The van der Waals surface area contributed by atoms with Gasteiger partial charge in [0.25, 0.3) is 0 Å². The Balaban J connectivity index is 1.58. The molecule has 1 aliphatic rings. The molecule has 0 bridgehead atoms. The number of hydrogen-bond donors (Lipinski definition) is 1. The second-order valence-corrected chi connectivity index (χ2v) is 5.76. The van der Waals surface area contributed by atoms with Gasteiger partial charge in [-0.2, -0.15) is 0 Å². The van der Waals surface area contributed by atoms with Crippen LogP contribution in [0, 0.1) is 5.92 Å². The molecule has 4 heteroatoms. The van der Waals surface area contributed by atoms with Gasteiger partial charge in [-0.3, -0.25) is 4.90 Å². The number of anilines is 1. The summed E-state index contributed by atoms with van der Waals surface area (Å²) in [5.74, 6) is 1.78.